The van der Waals surface area contributed by atoms with Crippen molar-refractivity contribution in [2.45, 2.75) is 14.8 Å². The molecule has 0 spiro atoms. The average molecular weight is 455 g/mol. The van der Waals surface area contributed by atoms with Crippen LogP contribution in [0.2, 0.25) is 14.8 Å². The van der Waals surface area contributed by atoms with E-state index in [9.17, 15) is 0 Å². The monoisotopic (exact) mass is 456 g/mol. The molecule has 3 aromatic rings. The van der Waals surface area contributed by atoms with Crippen molar-refractivity contribution in [3.63, 3.8) is 0 Å². The Kier molecular flexibility index (Phi) is 5.86. The summed E-state index contributed by atoms with van der Waals surface area (Å²) in [5.74, 6) is 1.07. The number of hydrogen-bond acceptors (Lipinski definition) is 1. The van der Waals surface area contributed by atoms with Crippen molar-refractivity contribution in [2.24, 2.45) is 0 Å². The molecule has 0 amide bonds. The third kappa shape index (κ3) is 4.10. The van der Waals surface area contributed by atoms with E-state index in [-0.39, 0.29) is 0 Å². The molecular formula is C22H25OPSn. The van der Waals surface area contributed by atoms with Crippen molar-refractivity contribution in [2.75, 3.05) is 7.11 Å². The predicted molar refractivity (Wildman–Crippen MR) is 115 cm³/mol. The first-order valence-corrected chi connectivity index (χ1v) is 19.9. The van der Waals surface area contributed by atoms with Gasteiger partial charge in [-0.05, 0) is 0 Å². The molecule has 3 rings (SSSR count). The van der Waals surface area contributed by atoms with Gasteiger partial charge in [-0.15, -0.1) is 0 Å². The first kappa shape index (κ1) is 18.5. The van der Waals surface area contributed by atoms with Gasteiger partial charge in [0, 0.05) is 0 Å². The predicted octanol–water partition coefficient (Wildman–Crippen LogP) is 4.00. The van der Waals surface area contributed by atoms with Crippen LogP contribution in [-0.2, 0) is 0 Å². The van der Waals surface area contributed by atoms with Crippen molar-refractivity contribution >= 4 is 45.8 Å². The molecule has 0 heterocycles. The molecule has 25 heavy (non-hydrogen) atoms. The summed E-state index contributed by atoms with van der Waals surface area (Å²) in [5.41, 5.74) is 0. The van der Waals surface area contributed by atoms with Gasteiger partial charge in [-0.3, -0.25) is 0 Å². The number of methoxy groups -OCH3 is 1. The Morgan fingerprint density at radius 2 is 1.20 bits per heavy atom. The van der Waals surface area contributed by atoms with Crippen molar-refractivity contribution in [1.29, 1.82) is 0 Å². The zero-order chi connectivity index (χ0) is 17.9. The molecule has 0 aliphatic heterocycles. The maximum atomic E-state index is 5.80. The van der Waals surface area contributed by atoms with Gasteiger partial charge in [-0.25, -0.2) is 0 Å². The standard InChI is InChI=1S/C19H16OP.3CH3.Sn/c1-20-16-9-8-14-19(15-16)21(17-10-4-2-5-11-17)18-12-6-3-7-13-18;;;;/h2-14H,1H3;3*1H3;. The van der Waals surface area contributed by atoms with Crippen molar-refractivity contribution in [3.8, 4) is 5.75 Å². The summed E-state index contributed by atoms with van der Waals surface area (Å²) in [6.45, 7) is 0. The summed E-state index contributed by atoms with van der Waals surface area (Å²) in [5, 5.41) is 4.26. The van der Waals surface area contributed by atoms with Crippen LogP contribution >= 0.6 is 7.92 Å². The van der Waals surface area contributed by atoms with Crippen LogP contribution in [0.4, 0.5) is 0 Å². The van der Waals surface area contributed by atoms with Gasteiger partial charge in [0.05, 0.1) is 0 Å². The van der Waals surface area contributed by atoms with E-state index < -0.39 is 26.3 Å². The van der Waals surface area contributed by atoms with E-state index in [1.54, 1.807) is 7.11 Å². The van der Waals surface area contributed by atoms with Crippen LogP contribution in [0.3, 0.4) is 0 Å². The molecule has 0 aliphatic rings. The van der Waals surface area contributed by atoms with E-state index in [1.165, 1.54) is 19.5 Å². The SMILES string of the molecule is COc1cccc(P(c2ccccc2)c2ccccc2)[c]1[Sn]([CH3])([CH3])[CH3]. The molecule has 0 fully saturated rings. The third-order valence-electron chi connectivity index (χ3n) is 4.24. The zero-order valence-electron chi connectivity index (χ0n) is 15.4. The van der Waals surface area contributed by atoms with Gasteiger partial charge in [0.2, 0.25) is 0 Å². The van der Waals surface area contributed by atoms with E-state index in [1.807, 2.05) is 0 Å². The van der Waals surface area contributed by atoms with Gasteiger partial charge in [0.25, 0.3) is 0 Å². The van der Waals surface area contributed by atoms with Crippen molar-refractivity contribution in [3.05, 3.63) is 78.9 Å². The maximum absolute atomic E-state index is 5.80. The van der Waals surface area contributed by atoms with E-state index in [0.29, 0.717) is 0 Å². The molecule has 0 aliphatic carbocycles. The summed E-state index contributed by atoms with van der Waals surface area (Å²) in [4.78, 5) is 7.42. The first-order chi connectivity index (χ1) is 12.0. The molecule has 0 N–H and O–H groups in total. The van der Waals surface area contributed by atoms with E-state index >= 15 is 0 Å². The van der Waals surface area contributed by atoms with E-state index in [2.05, 4.69) is 93.7 Å². The molecule has 0 atom stereocenters. The summed E-state index contributed by atoms with van der Waals surface area (Å²) in [6.07, 6.45) is 0. The summed E-state index contributed by atoms with van der Waals surface area (Å²) in [6, 6.07) is 28.4. The number of hydrogen-bond donors (Lipinski definition) is 0. The van der Waals surface area contributed by atoms with Crippen LogP contribution in [0.5, 0.6) is 5.75 Å². The van der Waals surface area contributed by atoms with Gasteiger partial charge in [0.1, 0.15) is 0 Å². The molecule has 0 aromatic heterocycles. The number of rotatable bonds is 5. The van der Waals surface area contributed by atoms with E-state index in [4.69, 9.17) is 4.74 Å². The van der Waals surface area contributed by atoms with Crippen molar-refractivity contribution in [1.82, 2.24) is 0 Å². The molecule has 0 saturated carbocycles. The molecule has 0 unspecified atom stereocenters. The Morgan fingerprint density at radius 1 is 0.680 bits per heavy atom. The van der Waals surface area contributed by atoms with Gasteiger partial charge < -0.3 is 0 Å². The number of benzene rings is 3. The fourth-order valence-corrected chi connectivity index (χ4v) is 13.9. The topological polar surface area (TPSA) is 9.23 Å². The third-order valence-corrected chi connectivity index (χ3v) is 13.1. The van der Waals surface area contributed by atoms with Gasteiger partial charge >= 0.3 is 157 Å². The second kappa shape index (κ2) is 7.93. The molecule has 0 radical (unpaired) electrons. The Hall–Kier alpha value is -1.31. The minimum atomic E-state index is -2.39. The molecule has 3 aromatic carbocycles. The fourth-order valence-electron chi connectivity index (χ4n) is 3.21. The van der Waals surface area contributed by atoms with Crippen LogP contribution in [0.1, 0.15) is 0 Å². The van der Waals surface area contributed by atoms with Crippen molar-refractivity contribution < 1.29 is 4.74 Å². The normalized spacial score (nSPS) is 11.6. The second-order valence-corrected chi connectivity index (χ2v) is 23.6. The molecule has 0 bridgehead atoms. The Morgan fingerprint density at radius 3 is 1.64 bits per heavy atom. The van der Waals surface area contributed by atoms with Crippen LogP contribution < -0.4 is 24.2 Å². The molecular weight excluding hydrogens is 430 g/mol. The quantitative estimate of drug-likeness (QED) is 0.418. The van der Waals surface area contributed by atoms with Crippen LogP contribution in [0.25, 0.3) is 0 Å². The Bertz CT molecular complexity index is 786. The zero-order valence-corrected chi connectivity index (χ0v) is 19.1. The summed E-state index contributed by atoms with van der Waals surface area (Å²) in [7, 11) is 1.22. The average Bonchev–Trinajstić information content (AvgIpc) is 2.62. The molecule has 0 saturated heterocycles. The molecule has 128 valence electrons. The second-order valence-electron chi connectivity index (χ2n) is 7.11. The number of ether oxygens (including phenoxy) is 1. The summed E-state index contributed by atoms with van der Waals surface area (Å²) < 4.78 is 7.31. The first-order valence-electron chi connectivity index (χ1n) is 8.60. The van der Waals surface area contributed by atoms with Gasteiger partial charge in [-0.1, -0.05) is 0 Å². The molecule has 3 heteroatoms. The van der Waals surface area contributed by atoms with Crippen LogP contribution in [0.15, 0.2) is 78.9 Å². The van der Waals surface area contributed by atoms with E-state index in [0.717, 1.165) is 5.75 Å². The molecule has 1 nitrogen and oxygen atoms in total. The van der Waals surface area contributed by atoms with Gasteiger partial charge in [-0.2, -0.15) is 0 Å². The Labute approximate surface area is 156 Å². The van der Waals surface area contributed by atoms with Crippen LogP contribution in [0, 0.1) is 0 Å². The van der Waals surface area contributed by atoms with Gasteiger partial charge in [0.15, 0.2) is 0 Å². The van der Waals surface area contributed by atoms with Crippen LogP contribution in [-0.4, -0.2) is 25.5 Å². The minimum absolute atomic E-state index is 0.580. The fraction of sp³-hybridized carbons (Fsp3) is 0.182. The Balaban J connectivity index is 2.29. The summed E-state index contributed by atoms with van der Waals surface area (Å²) >= 11 is -2.39.